The van der Waals surface area contributed by atoms with Crippen molar-refractivity contribution in [3.05, 3.63) is 102 Å². The van der Waals surface area contributed by atoms with E-state index in [0.717, 1.165) is 36.8 Å². The van der Waals surface area contributed by atoms with Gasteiger partial charge in [0.2, 0.25) is 0 Å². The molecule has 3 aromatic carbocycles. The Hall–Kier alpha value is -4.13. The van der Waals surface area contributed by atoms with E-state index in [4.69, 9.17) is 4.74 Å². The monoisotopic (exact) mass is 511 g/mol. The zero-order chi connectivity index (χ0) is 26.5. The van der Waals surface area contributed by atoms with Crippen molar-refractivity contribution in [2.24, 2.45) is 5.92 Å². The van der Waals surface area contributed by atoms with Gasteiger partial charge in [0.25, 0.3) is 11.8 Å². The van der Waals surface area contributed by atoms with Crippen molar-refractivity contribution in [3.63, 3.8) is 0 Å². The van der Waals surface area contributed by atoms with E-state index in [-0.39, 0.29) is 42.4 Å². The number of benzene rings is 3. The predicted molar refractivity (Wildman–Crippen MR) is 144 cm³/mol. The molecule has 3 aromatic rings. The molecule has 1 aliphatic heterocycles. The zero-order valence-electron chi connectivity index (χ0n) is 21.6. The second-order valence-electron chi connectivity index (χ2n) is 10.0. The van der Waals surface area contributed by atoms with Crippen LogP contribution in [0.4, 0.5) is 4.79 Å². The SMILES string of the molecule is COc1ccccc1C(=O)NC(c1ccccc1)C1CCC(N2C(=O)CN(Cc3ccccc3)C2=O)CC1. The average molecular weight is 512 g/mol. The number of para-hydroxylation sites is 1. The molecular formula is C31H33N3O4. The van der Waals surface area contributed by atoms with Crippen LogP contribution in [0.15, 0.2) is 84.9 Å². The highest BCUT2D eigenvalue weighted by molar-refractivity contribution is 6.02. The molecule has 7 heteroatoms. The van der Waals surface area contributed by atoms with Crippen molar-refractivity contribution in [1.82, 2.24) is 15.1 Å². The number of urea groups is 1. The molecule has 1 saturated heterocycles. The molecule has 1 saturated carbocycles. The van der Waals surface area contributed by atoms with Crippen LogP contribution >= 0.6 is 0 Å². The summed E-state index contributed by atoms with van der Waals surface area (Å²) in [5.74, 6) is 0.408. The lowest BCUT2D eigenvalue weighted by Crippen LogP contribution is -2.44. The maximum atomic E-state index is 13.3. The van der Waals surface area contributed by atoms with Crippen molar-refractivity contribution in [2.45, 2.75) is 44.3 Å². The molecule has 1 heterocycles. The normalized spacial score (nSPS) is 20.3. The van der Waals surface area contributed by atoms with Crippen LogP contribution in [0.5, 0.6) is 5.75 Å². The second kappa shape index (κ2) is 11.5. The first kappa shape index (κ1) is 25.5. The van der Waals surface area contributed by atoms with E-state index in [1.54, 1.807) is 24.1 Å². The van der Waals surface area contributed by atoms with Crippen molar-refractivity contribution in [1.29, 1.82) is 0 Å². The van der Waals surface area contributed by atoms with E-state index < -0.39 is 0 Å². The number of methoxy groups -OCH3 is 1. The molecule has 2 fully saturated rings. The maximum absolute atomic E-state index is 13.3. The molecule has 1 atom stereocenters. The summed E-state index contributed by atoms with van der Waals surface area (Å²) < 4.78 is 5.40. The molecule has 38 heavy (non-hydrogen) atoms. The number of hydrogen-bond acceptors (Lipinski definition) is 4. The number of nitrogens with one attached hydrogen (secondary N) is 1. The van der Waals surface area contributed by atoms with Crippen molar-refractivity contribution < 1.29 is 19.1 Å². The fraction of sp³-hybridized carbons (Fsp3) is 0.323. The van der Waals surface area contributed by atoms with Gasteiger partial charge >= 0.3 is 6.03 Å². The third-order valence-electron chi connectivity index (χ3n) is 7.66. The van der Waals surface area contributed by atoms with Crippen molar-refractivity contribution >= 4 is 17.8 Å². The fourth-order valence-electron chi connectivity index (χ4n) is 5.73. The number of carbonyl (C=O) groups is 3. The Morgan fingerprint density at radius 3 is 2.21 bits per heavy atom. The minimum atomic E-state index is -0.202. The van der Waals surface area contributed by atoms with E-state index in [9.17, 15) is 14.4 Å². The summed E-state index contributed by atoms with van der Waals surface area (Å²) in [7, 11) is 1.56. The van der Waals surface area contributed by atoms with E-state index >= 15 is 0 Å². The third kappa shape index (κ3) is 5.42. The Balaban J connectivity index is 1.27. The molecule has 1 aliphatic carbocycles. The minimum Gasteiger partial charge on any atom is -0.496 e. The van der Waals surface area contributed by atoms with E-state index in [0.29, 0.717) is 17.9 Å². The van der Waals surface area contributed by atoms with Gasteiger partial charge in [-0.05, 0) is 54.9 Å². The smallest absolute Gasteiger partial charge is 0.327 e. The Morgan fingerprint density at radius 1 is 0.895 bits per heavy atom. The van der Waals surface area contributed by atoms with Gasteiger partial charge in [-0.15, -0.1) is 0 Å². The Kier molecular flexibility index (Phi) is 7.73. The van der Waals surface area contributed by atoms with E-state index in [2.05, 4.69) is 5.32 Å². The fourth-order valence-corrected chi connectivity index (χ4v) is 5.73. The van der Waals surface area contributed by atoms with Crippen LogP contribution in [0.3, 0.4) is 0 Å². The summed E-state index contributed by atoms with van der Waals surface area (Å²) in [6, 6.07) is 26.4. The highest BCUT2D eigenvalue weighted by Crippen LogP contribution is 2.38. The Bertz CT molecular complexity index is 1270. The molecule has 5 rings (SSSR count). The lowest BCUT2D eigenvalue weighted by atomic mass is 9.78. The number of hydrogen-bond donors (Lipinski definition) is 1. The molecule has 1 N–H and O–H groups in total. The number of carbonyl (C=O) groups excluding carboxylic acids is 3. The Labute approximate surface area is 223 Å². The first-order valence-electron chi connectivity index (χ1n) is 13.2. The van der Waals surface area contributed by atoms with Crippen LogP contribution in [0.1, 0.15) is 53.2 Å². The van der Waals surface area contributed by atoms with Gasteiger partial charge in [0.05, 0.1) is 18.7 Å². The van der Waals surface area contributed by atoms with Gasteiger partial charge < -0.3 is 15.0 Å². The first-order valence-corrected chi connectivity index (χ1v) is 13.2. The topological polar surface area (TPSA) is 79.0 Å². The summed E-state index contributed by atoms with van der Waals surface area (Å²) in [6.45, 7) is 0.553. The molecule has 196 valence electrons. The quantitative estimate of drug-likeness (QED) is 0.422. The highest BCUT2D eigenvalue weighted by Gasteiger charge is 2.42. The number of rotatable bonds is 8. The molecule has 0 bridgehead atoms. The van der Waals surface area contributed by atoms with Crippen molar-refractivity contribution in [2.75, 3.05) is 13.7 Å². The maximum Gasteiger partial charge on any atom is 0.327 e. The molecule has 0 spiro atoms. The number of amides is 4. The zero-order valence-corrected chi connectivity index (χ0v) is 21.6. The number of imide groups is 1. The van der Waals surface area contributed by atoms with Crippen LogP contribution in [0.2, 0.25) is 0 Å². The van der Waals surface area contributed by atoms with Gasteiger partial charge in [-0.25, -0.2) is 4.79 Å². The average Bonchev–Trinajstić information content (AvgIpc) is 3.24. The second-order valence-corrected chi connectivity index (χ2v) is 10.0. The lowest BCUT2D eigenvalue weighted by molar-refractivity contribution is -0.127. The first-order chi connectivity index (χ1) is 18.5. The summed E-state index contributed by atoms with van der Waals surface area (Å²) in [5.41, 5.74) is 2.55. The third-order valence-corrected chi connectivity index (χ3v) is 7.66. The van der Waals surface area contributed by atoms with Gasteiger partial charge in [0.15, 0.2) is 0 Å². The van der Waals surface area contributed by atoms with Crippen LogP contribution in [0, 0.1) is 5.92 Å². The molecule has 1 unspecified atom stereocenters. The summed E-state index contributed by atoms with van der Waals surface area (Å²) in [4.78, 5) is 42.5. The van der Waals surface area contributed by atoms with E-state index in [1.807, 2.05) is 72.8 Å². The number of ether oxygens (including phenoxy) is 1. The summed E-state index contributed by atoms with van der Waals surface area (Å²) in [5, 5.41) is 3.26. The molecule has 7 nitrogen and oxygen atoms in total. The predicted octanol–water partition coefficient (Wildman–Crippen LogP) is 5.19. The van der Waals surface area contributed by atoms with Gasteiger partial charge in [-0.1, -0.05) is 72.8 Å². The Morgan fingerprint density at radius 2 is 1.53 bits per heavy atom. The van der Waals surface area contributed by atoms with Crippen LogP contribution < -0.4 is 10.1 Å². The molecular weight excluding hydrogens is 478 g/mol. The van der Waals surface area contributed by atoms with Crippen molar-refractivity contribution in [3.8, 4) is 5.75 Å². The van der Waals surface area contributed by atoms with Crippen LogP contribution in [-0.2, 0) is 11.3 Å². The van der Waals surface area contributed by atoms with Gasteiger partial charge in [0, 0.05) is 12.6 Å². The highest BCUT2D eigenvalue weighted by atomic mass is 16.5. The summed E-state index contributed by atoms with van der Waals surface area (Å²) >= 11 is 0. The summed E-state index contributed by atoms with van der Waals surface area (Å²) in [6.07, 6.45) is 3.03. The molecule has 2 aliphatic rings. The minimum absolute atomic E-state index is 0.117. The largest absolute Gasteiger partial charge is 0.496 e. The number of nitrogens with zero attached hydrogens (tertiary/aromatic N) is 2. The molecule has 0 aromatic heterocycles. The van der Waals surface area contributed by atoms with Gasteiger partial charge in [-0.2, -0.15) is 0 Å². The van der Waals surface area contributed by atoms with Crippen LogP contribution in [-0.4, -0.2) is 47.3 Å². The van der Waals surface area contributed by atoms with Crippen LogP contribution in [0.25, 0.3) is 0 Å². The van der Waals surface area contributed by atoms with Gasteiger partial charge in [-0.3, -0.25) is 14.5 Å². The van der Waals surface area contributed by atoms with Gasteiger partial charge in [0.1, 0.15) is 12.3 Å². The molecule has 0 radical (unpaired) electrons. The molecule has 4 amide bonds. The van der Waals surface area contributed by atoms with E-state index in [1.165, 1.54) is 4.90 Å². The standard InChI is InChI=1S/C31H33N3O4/c1-38-27-15-9-8-14-26(27)30(36)32-29(23-12-6-3-7-13-23)24-16-18-25(19-17-24)34-28(35)21-33(31(34)37)20-22-10-4-2-5-11-22/h2-15,24-25,29H,16-21H2,1H3,(H,32,36). The lowest BCUT2D eigenvalue weighted by Gasteiger charge is -2.37.